The quantitative estimate of drug-likeness (QED) is 0.740. The van der Waals surface area contributed by atoms with Gasteiger partial charge in [-0.1, -0.05) is 31.9 Å². The Morgan fingerprint density at radius 3 is 2.81 bits per heavy atom. The van der Waals surface area contributed by atoms with Crippen LogP contribution in [0.25, 0.3) is 0 Å². The van der Waals surface area contributed by atoms with Crippen molar-refractivity contribution >= 4 is 0 Å². The number of aliphatic hydroxyl groups excluding tert-OH is 1. The summed E-state index contributed by atoms with van der Waals surface area (Å²) in [6, 6.07) is 2.26. The number of nitriles is 1. The van der Waals surface area contributed by atoms with E-state index in [2.05, 4.69) is 32.9 Å². The minimum atomic E-state index is -0.448. The van der Waals surface area contributed by atoms with Gasteiger partial charge in [0.25, 0.3) is 0 Å². The van der Waals surface area contributed by atoms with Gasteiger partial charge >= 0.3 is 0 Å². The van der Waals surface area contributed by atoms with Crippen LogP contribution in [0.2, 0.25) is 0 Å². The van der Waals surface area contributed by atoms with E-state index >= 15 is 0 Å². The number of nitrogens with zero attached hydrogens (tertiary/aromatic N) is 1. The van der Waals surface area contributed by atoms with E-state index in [9.17, 15) is 5.11 Å². The Morgan fingerprint density at radius 1 is 1.62 bits per heavy atom. The van der Waals surface area contributed by atoms with Crippen molar-refractivity contribution in [2.45, 2.75) is 52.6 Å². The molecule has 0 radical (unpaired) electrons. The number of rotatable bonds is 4. The summed E-state index contributed by atoms with van der Waals surface area (Å²) in [5, 5.41) is 19.3. The molecule has 4 unspecified atom stereocenters. The summed E-state index contributed by atoms with van der Waals surface area (Å²) in [7, 11) is 0. The van der Waals surface area contributed by atoms with Crippen LogP contribution < -0.4 is 0 Å². The van der Waals surface area contributed by atoms with Crippen molar-refractivity contribution in [1.29, 1.82) is 5.26 Å². The zero-order valence-corrected chi connectivity index (χ0v) is 10.6. The van der Waals surface area contributed by atoms with Gasteiger partial charge in [-0.05, 0) is 38.0 Å². The van der Waals surface area contributed by atoms with Crippen molar-refractivity contribution in [3.8, 4) is 6.07 Å². The molecule has 0 aromatic carbocycles. The van der Waals surface area contributed by atoms with E-state index in [0.717, 1.165) is 25.7 Å². The van der Waals surface area contributed by atoms with Crippen molar-refractivity contribution in [3.63, 3.8) is 0 Å². The highest BCUT2D eigenvalue weighted by Gasteiger charge is 2.30. The van der Waals surface area contributed by atoms with Crippen LogP contribution in [-0.4, -0.2) is 11.2 Å². The fourth-order valence-corrected chi connectivity index (χ4v) is 2.81. The highest BCUT2D eigenvalue weighted by Crippen LogP contribution is 2.33. The summed E-state index contributed by atoms with van der Waals surface area (Å²) in [4.78, 5) is 0. The second-order valence-electron chi connectivity index (χ2n) is 5.21. The fourth-order valence-electron chi connectivity index (χ4n) is 2.81. The zero-order chi connectivity index (χ0) is 12.1. The van der Waals surface area contributed by atoms with Crippen LogP contribution in [0.1, 0.15) is 46.5 Å². The standard InChI is InChI=1S/C14H23NO/c1-4-5-12(9-15)14(16)13-7-10(2)6-11(3)8-13/h6,10,12-14,16H,4-5,7-8H2,1-3H3. The summed E-state index contributed by atoms with van der Waals surface area (Å²) in [5.74, 6) is 0.624. The largest absolute Gasteiger partial charge is 0.391 e. The molecule has 1 N–H and O–H groups in total. The molecule has 0 bridgehead atoms. The summed E-state index contributed by atoms with van der Waals surface area (Å²) in [6.45, 7) is 6.37. The Balaban J connectivity index is 2.64. The van der Waals surface area contributed by atoms with Crippen molar-refractivity contribution in [2.75, 3.05) is 0 Å². The first-order chi connectivity index (χ1) is 7.58. The number of hydrogen-bond acceptors (Lipinski definition) is 2. The summed E-state index contributed by atoms with van der Waals surface area (Å²) in [5.41, 5.74) is 1.36. The normalized spacial score (nSPS) is 29.1. The zero-order valence-electron chi connectivity index (χ0n) is 10.6. The van der Waals surface area contributed by atoms with E-state index in [1.807, 2.05) is 0 Å². The molecule has 4 atom stereocenters. The van der Waals surface area contributed by atoms with Gasteiger partial charge < -0.3 is 5.11 Å². The second-order valence-corrected chi connectivity index (χ2v) is 5.21. The third-order valence-electron chi connectivity index (χ3n) is 3.49. The number of aliphatic hydroxyl groups is 1. The third kappa shape index (κ3) is 3.35. The van der Waals surface area contributed by atoms with E-state index in [1.54, 1.807) is 0 Å². The average Bonchev–Trinajstić information content (AvgIpc) is 2.23. The lowest BCUT2D eigenvalue weighted by Crippen LogP contribution is -2.31. The number of hydrogen-bond donors (Lipinski definition) is 1. The minimum Gasteiger partial charge on any atom is -0.391 e. The van der Waals surface area contributed by atoms with Crippen molar-refractivity contribution in [3.05, 3.63) is 11.6 Å². The Kier molecular flexibility index (Phi) is 5.02. The lowest BCUT2D eigenvalue weighted by molar-refractivity contribution is 0.0560. The van der Waals surface area contributed by atoms with Crippen LogP contribution in [0.5, 0.6) is 0 Å². The lowest BCUT2D eigenvalue weighted by atomic mass is 9.76. The molecular weight excluding hydrogens is 198 g/mol. The van der Waals surface area contributed by atoms with E-state index in [1.165, 1.54) is 5.57 Å². The van der Waals surface area contributed by atoms with Crippen molar-refractivity contribution in [2.24, 2.45) is 17.8 Å². The molecular formula is C14H23NO. The second kappa shape index (κ2) is 6.06. The molecule has 0 heterocycles. The molecule has 0 aromatic heterocycles. The van der Waals surface area contributed by atoms with Gasteiger partial charge in [-0.25, -0.2) is 0 Å². The SMILES string of the molecule is CCCC(C#N)C(O)C1CC(C)=CC(C)C1. The first kappa shape index (κ1) is 13.3. The smallest absolute Gasteiger partial charge is 0.0729 e. The van der Waals surface area contributed by atoms with Crippen LogP contribution in [0, 0.1) is 29.1 Å². The Morgan fingerprint density at radius 2 is 2.31 bits per heavy atom. The summed E-state index contributed by atoms with van der Waals surface area (Å²) >= 11 is 0. The average molecular weight is 221 g/mol. The molecule has 1 rings (SSSR count). The van der Waals surface area contributed by atoms with Crippen molar-refractivity contribution in [1.82, 2.24) is 0 Å². The molecule has 2 heteroatoms. The van der Waals surface area contributed by atoms with Crippen LogP contribution in [0.3, 0.4) is 0 Å². The maximum Gasteiger partial charge on any atom is 0.0729 e. The molecule has 0 saturated heterocycles. The van der Waals surface area contributed by atoms with E-state index in [4.69, 9.17) is 5.26 Å². The highest BCUT2D eigenvalue weighted by atomic mass is 16.3. The van der Waals surface area contributed by atoms with Crippen molar-refractivity contribution < 1.29 is 5.11 Å². The molecule has 0 fully saturated rings. The Bertz CT molecular complexity index is 290. The van der Waals surface area contributed by atoms with Gasteiger partial charge in [0, 0.05) is 0 Å². The third-order valence-corrected chi connectivity index (χ3v) is 3.49. The molecule has 1 aliphatic carbocycles. The maximum absolute atomic E-state index is 10.3. The van der Waals surface area contributed by atoms with E-state index in [-0.39, 0.29) is 11.8 Å². The lowest BCUT2D eigenvalue weighted by Gasteiger charge is -2.31. The molecule has 0 aromatic rings. The van der Waals surface area contributed by atoms with Gasteiger partial charge in [-0.15, -0.1) is 0 Å². The molecule has 0 spiro atoms. The Hall–Kier alpha value is -0.810. The fraction of sp³-hybridized carbons (Fsp3) is 0.786. The van der Waals surface area contributed by atoms with Crippen LogP contribution in [0.15, 0.2) is 11.6 Å². The molecule has 16 heavy (non-hydrogen) atoms. The molecule has 1 aliphatic rings. The van der Waals surface area contributed by atoms with E-state index in [0.29, 0.717) is 5.92 Å². The molecule has 2 nitrogen and oxygen atoms in total. The summed E-state index contributed by atoms with van der Waals surface area (Å²) in [6.07, 6.45) is 5.58. The topological polar surface area (TPSA) is 44.0 Å². The number of allylic oxidation sites excluding steroid dienone is 2. The maximum atomic E-state index is 10.3. The monoisotopic (exact) mass is 221 g/mol. The van der Waals surface area contributed by atoms with Gasteiger partial charge in [0.15, 0.2) is 0 Å². The predicted octanol–water partition coefficient (Wildman–Crippen LogP) is 3.28. The summed E-state index contributed by atoms with van der Waals surface area (Å²) < 4.78 is 0. The predicted molar refractivity (Wildman–Crippen MR) is 65.7 cm³/mol. The molecule has 0 amide bonds. The van der Waals surface area contributed by atoms with Gasteiger partial charge in [-0.2, -0.15) is 5.26 Å². The molecule has 90 valence electrons. The molecule has 0 aliphatic heterocycles. The van der Waals surface area contributed by atoms with Gasteiger partial charge in [0.1, 0.15) is 0 Å². The van der Waals surface area contributed by atoms with Gasteiger partial charge in [-0.3, -0.25) is 0 Å². The highest BCUT2D eigenvalue weighted by molar-refractivity contribution is 5.08. The first-order valence-electron chi connectivity index (χ1n) is 6.33. The first-order valence-corrected chi connectivity index (χ1v) is 6.33. The molecule has 0 saturated carbocycles. The van der Waals surface area contributed by atoms with Crippen LogP contribution in [0.4, 0.5) is 0 Å². The minimum absolute atomic E-state index is 0.187. The van der Waals surface area contributed by atoms with Gasteiger partial charge in [0.2, 0.25) is 0 Å². The van der Waals surface area contributed by atoms with Crippen LogP contribution in [-0.2, 0) is 0 Å². The van der Waals surface area contributed by atoms with Crippen LogP contribution >= 0.6 is 0 Å². The Labute approximate surface area is 99.0 Å². The van der Waals surface area contributed by atoms with Gasteiger partial charge in [0.05, 0.1) is 18.1 Å². The van der Waals surface area contributed by atoms with E-state index < -0.39 is 6.10 Å².